The Labute approximate surface area is 135 Å². The van der Waals surface area contributed by atoms with Crippen LogP contribution in [0.5, 0.6) is 0 Å². The van der Waals surface area contributed by atoms with E-state index in [-0.39, 0.29) is 14.4 Å². The van der Waals surface area contributed by atoms with Crippen LogP contribution in [-0.2, 0) is 20.2 Å². The van der Waals surface area contributed by atoms with Gasteiger partial charge in [0.15, 0.2) is 0 Å². The maximum atomic E-state index is 10.7. The lowest BCUT2D eigenvalue weighted by Crippen LogP contribution is -2.75. The van der Waals surface area contributed by atoms with Crippen LogP contribution in [0.1, 0.15) is 15.7 Å². The molecule has 0 radical (unpaired) electrons. The number of hydrogen-bond donors (Lipinski definition) is 0. The molecule has 3 rings (SSSR count). The Balaban J connectivity index is 0.00000264. The molecule has 0 saturated carbocycles. The molecule has 3 fully saturated rings. The van der Waals surface area contributed by atoms with E-state index in [4.69, 9.17) is 0 Å². The van der Waals surface area contributed by atoms with Crippen LogP contribution >= 0.6 is 0 Å². The van der Waals surface area contributed by atoms with Crippen molar-refractivity contribution in [3.05, 3.63) is 0 Å². The molecule has 22 heavy (non-hydrogen) atoms. The van der Waals surface area contributed by atoms with Gasteiger partial charge in [-0.25, -0.2) is 16.8 Å². The molecule has 3 aliphatic heterocycles. The molecule has 0 unspecified atom stereocenters. The van der Waals surface area contributed by atoms with Gasteiger partial charge in [-0.1, -0.05) is 0 Å². The molecule has 0 aromatic rings. The maximum absolute atomic E-state index is 10.7. The van der Waals surface area contributed by atoms with Crippen LogP contribution < -0.4 is 0 Å². The van der Waals surface area contributed by atoms with E-state index in [2.05, 4.69) is 0 Å². The zero-order valence-corrected chi connectivity index (χ0v) is 14.3. The maximum Gasteiger partial charge on any atom is 1.00 e. The second-order valence-corrected chi connectivity index (χ2v) is 9.75. The molecule has 10 heteroatoms. The van der Waals surface area contributed by atoms with E-state index >= 15 is 0 Å². The van der Waals surface area contributed by atoms with Crippen molar-refractivity contribution in [3.63, 3.8) is 0 Å². The van der Waals surface area contributed by atoms with Gasteiger partial charge in [-0.2, -0.15) is 0 Å². The first kappa shape index (κ1) is 18.1. The van der Waals surface area contributed by atoms with E-state index in [1.165, 1.54) is 0 Å². The molecular formula is C12H26N2O6S2+2. The topological polar surface area (TPSA) is 114 Å². The van der Waals surface area contributed by atoms with Crippen LogP contribution in [0.25, 0.3) is 0 Å². The summed E-state index contributed by atoms with van der Waals surface area (Å²) in [7, 11) is -8.27. The fourth-order valence-electron chi connectivity index (χ4n) is 3.77. The second-order valence-electron chi connectivity index (χ2n) is 6.70. The summed E-state index contributed by atoms with van der Waals surface area (Å²) < 4.78 is 65.9. The number of nitrogens with zero attached hydrogens (tertiary/aromatic N) is 2. The Hall–Kier alpha value is -0.260. The molecule has 2 bridgehead atoms. The standard InChI is InChI=1S/C12H24N2O6S2/c15-21(16,17)11-1-3-13-5-8-14(9-6-13,10-7-13)4-2-12-22(18,19)20/h1-12H2/p+2. The Morgan fingerprint density at radius 3 is 1.18 bits per heavy atom. The van der Waals surface area contributed by atoms with Gasteiger partial charge < -0.3 is 18.1 Å². The number of piperazine rings is 3. The van der Waals surface area contributed by atoms with Gasteiger partial charge >= 0.3 is 2.85 Å². The van der Waals surface area contributed by atoms with Crippen molar-refractivity contribution >= 4 is 20.2 Å². The fourth-order valence-corrected chi connectivity index (χ4v) is 4.73. The summed E-state index contributed by atoms with van der Waals surface area (Å²) in [5.74, 6) is -0.595. The van der Waals surface area contributed by atoms with Gasteiger partial charge in [-0.05, 0) is 0 Å². The van der Waals surface area contributed by atoms with E-state index in [0.29, 0.717) is 12.8 Å². The summed E-state index contributed by atoms with van der Waals surface area (Å²) >= 11 is 0. The summed E-state index contributed by atoms with van der Waals surface area (Å²) in [4.78, 5) is 0. The molecule has 130 valence electrons. The SMILES string of the molecule is O=S(=O)([O-])CCC[N+]12CC[N+](CCCS(=O)(=O)[O-])(CC1)CC2.[H+].[H+]. The zero-order chi connectivity index (χ0) is 16.5. The van der Waals surface area contributed by atoms with Crippen LogP contribution in [0, 0.1) is 0 Å². The first-order valence-electron chi connectivity index (χ1n) is 7.61. The highest BCUT2D eigenvalue weighted by molar-refractivity contribution is 7.85. The number of fused-ring (bicyclic) bond motifs is 3. The van der Waals surface area contributed by atoms with Crippen molar-refractivity contribution in [2.24, 2.45) is 0 Å². The molecule has 0 aromatic heterocycles. The molecule has 8 nitrogen and oxygen atoms in total. The van der Waals surface area contributed by atoms with E-state index in [0.717, 1.165) is 61.3 Å². The van der Waals surface area contributed by atoms with Gasteiger partial charge in [0.05, 0.1) is 33.3 Å². The quantitative estimate of drug-likeness (QED) is 0.395. The van der Waals surface area contributed by atoms with E-state index in [1.807, 2.05) is 0 Å². The minimum absolute atomic E-state index is 0. The third kappa shape index (κ3) is 5.14. The normalized spacial score (nSPS) is 32.3. The van der Waals surface area contributed by atoms with Crippen LogP contribution in [0.15, 0.2) is 0 Å². The van der Waals surface area contributed by atoms with Gasteiger partial charge in [0.1, 0.15) is 39.3 Å². The minimum Gasteiger partial charge on any atom is -0.748 e. The summed E-state index contributed by atoms with van der Waals surface area (Å²) in [6, 6.07) is 0. The van der Waals surface area contributed by atoms with Crippen LogP contribution in [0.2, 0.25) is 0 Å². The monoisotopic (exact) mass is 358 g/mol. The molecule has 0 N–H and O–H groups in total. The first-order chi connectivity index (χ1) is 10.0. The number of hydrogen-bond acceptors (Lipinski definition) is 6. The smallest absolute Gasteiger partial charge is 0.748 e. The van der Waals surface area contributed by atoms with E-state index in [1.54, 1.807) is 0 Å². The van der Waals surface area contributed by atoms with Gasteiger partial charge in [0, 0.05) is 24.3 Å². The van der Waals surface area contributed by atoms with Gasteiger partial charge in [0.2, 0.25) is 0 Å². The molecule has 3 heterocycles. The molecule has 0 atom stereocenters. The third-order valence-electron chi connectivity index (χ3n) is 5.20. The molecular weight excluding hydrogens is 332 g/mol. The molecule has 0 spiro atoms. The lowest BCUT2D eigenvalue weighted by molar-refractivity contribution is -1.08. The minimum atomic E-state index is -4.14. The summed E-state index contributed by atoms with van der Waals surface area (Å²) in [6.45, 7) is 7.04. The van der Waals surface area contributed by atoms with Gasteiger partial charge in [0.25, 0.3) is 0 Å². The molecule has 0 aromatic carbocycles. The Morgan fingerprint density at radius 1 is 0.682 bits per heavy atom. The number of rotatable bonds is 8. The Morgan fingerprint density at radius 2 is 0.955 bits per heavy atom. The molecule has 3 saturated heterocycles. The largest absolute Gasteiger partial charge is 1.00 e. The van der Waals surface area contributed by atoms with E-state index < -0.39 is 20.2 Å². The predicted molar refractivity (Wildman–Crippen MR) is 80.0 cm³/mol. The van der Waals surface area contributed by atoms with Crippen molar-refractivity contribution in [2.45, 2.75) is 12.8 Å². The van der Waals surface area contributed by atoms with Crippen molar-refractivity contribution in [1.82, 2.24) is 0 Å². The van der Waals surface area contributed by atoms with Crippen LogP contribution in [-0.4, -0.2) is 98.8 Å². The van der Waals surface area contributed by atoms with Crippen LogP contribution in [0.3, 0.4) is 0 Å². The lowest BCUT2D eigenvalue weighted by atomic mass is 10.1. The Kier molecular flexibility index (Phi) is 5.20. The molecule has 0 amide bonds. The third-order valence-corrected chi connectivity index (χ3v) is 6.78. The lowest BCUT2D eigenvalue weighted by Gasteiger charge is -2.55. The van der Waals surface area contributed by atoms with Crippen molar-refractivity contribution in [2.75, 3.05) is 63.9 Å². The Bertz CT molecular complexity index is 533. The fraction of sp³-hybridized carbons (Fsp3) is 1.00. The highest BCUT2D eigenvalue weighted by atomic mass is 32.2. The number of quaternary nitrogens is 2. The summed E-state index contributed by atoms with van der Waals surface area (Å²) in [5.41, 5.74) is 0. The average Bonchev–Trinajstić information content (AvgIpc) is 2.38. The molecule has 3 aliphatic rings. The zero-order valence-electron chi connectivity index (χ0n) is 14.6. The van der Waals surface area contributed by atoms with Crippen molar-refractivity contribution in [3.8, 4) is 0 Å². The van der Waals surface area contributed by atoms with Crippen LogP contribution in [0.4, 0.5) is 0 Å². The predicted octanol–water partition coefficient (Wildman–Crippen LogP) is -1.26. The molecule has 0 aliphatic carbocycles. The van der Waals surface area contributed by atoms with E-state index in [9.17, 15) is 25.9 Å². The average molecular weight is 358 g/mol. The summed E-state index contributed by atoms with van der Waals surface area (Å²) in [5, 5.41) is 0. The highest BCUT2D eigenvalue weighted by Crippen LogP contribution is 2.27. The highest BCUT2D eigenvalue weighted by Gasteiger charge is 2.48. The van der Waals surface area contributed by atoms with Crippen molar-refractivity contribution < 1.29 is 37.8 Å². The summed E-state index contributed by atoms with van der Waals surface area (Å²) in [6.07, 6.45) is 0.806. The van der Waals surface area contributed by atoms with Gasteiger partial charge in [-0.15, -0.1) is 0 Å². The first-order valence-corrected chi connectivity index (χ1v) is 10.8. The van der Waals surface area contributed by atoms with Gasteiger partial charge in [-0.3, -0.25) is 0 Å². The van der Waals surface area contributed by atoms with Crippen molar-refractivity contribution in [1.29, 1.82) is 0 Å². The second kappa shape index (κ2) is 6.33.